The summed E-state index contributed by atoms with van der Waals surface area (Å²) in [5.41, 5.74) is 4.33. The predicted octanol–water partition coefficient (Wildman–Crippen LogP) is 4.71. The van der Waals surface area contributed by atoms with E-state index in [0.717, 1.165) is 35.1 Å². The van der Waals surface area contributed by atoms with Gasteiger partial charge in [0.05, 0.1) is 6.42 Å². The van der Waals surface area contributed by atoms with Crippen molar-refractivity contribution in [2.75, 3.05) is 0 Å². The molecule has 1 fully saturated rings. The molecule has 0 radical (unpaired) electrons. The fourth-order valence-corrected chi connectivity index (χ4v) is 4.39. The number of benzene rings is 2. The van der Waals surface area contributed by atoms with E-state index in [4.69, 9.17) is 0 Å². The quantitative estimate of drug-likeness (QED) is 0.690. The lowest BCUT2D eigenvalue weighted by atomic mass is 10.0. The maximum atomic E-state index is 13.4. The molecule has 1 N–H and O–H groups in total. The normalized spacial score (nSPS) is 15.0. The first-order chi connectivity index (χ1) is 14.5. The van der Waals surface area contributed by atoms with E-state index in [1.54, 1.807) is 4.90 Å². The van der Waals surface area contributed by atoms with E-state index < -0.39 is 6.04 Å². The fourth-order valence-electron chi connectivity index (χ4n) is 4.39. The van der Waals surface area contributed by atoms with Gasteiger partial charge < -0.3 is 10.2 Å². The van der Waals surface area contributed by atoms with Gasteiger partial charge in [0.25, 0.3) is 0 Å². The summed E-state index contributed by atoms with van der Waals surface area (Å²) in [4.78, 5) is 28.3. The molecule has 30 heavy (non-hydrogen) atoms. The van der Waals surface area contributed by atoms with Crippen LogP contribution in [0, 0.1) is 13.8 Å². The number of nitrogens with zero attached hydrogens (tertiary/aromatic N) is 1. The van der Waals surface area contributed by atoms with Crippen molar-refractivity contribution in [1.29, 1.82) is 0 Å². The summed E-state index contributed by atoms with van der Waals surface area (Å²) < 4.78 is 0. The Morgan fingerprint density at radius 2 is 1.60 bits per heavy atom. The second kappa shape index (κ2) is 10.4. The Hall–Kier alpha value is -2.62. The summed E-state index contributed by atoms with van der Waals surface area (Å²) in [5, 5.41) is 3.20. The molecule has 1 atom stereocenters. The minimum absolute atomic E-state index is 0.00414. The molecule has 2 aromatic carbocycles. The van der Waals surface area contributed by atoms with Crippen LogP contribution in [0.1, 0.15) is 61.3 Å². The van der Waals surface area contributed by atoms with Crippen LogP contribution in [0.3, 0.4) is 0 Å². The molecule has 4 nitrogen and oxygen atoms in total. The largest absolute Gasteiger partial charge is 0.352 e. The smallest absolute Gasteiger partial charge is 0.243 e. The van der Waals surface area contributed by atoms with Gasteiger partial charge in [-0.15, -0.1) is 0 Å². The van der Waals surface area contributed by atoms with Crippen LogP contribution in [0.5, 0.6) is 0 Å². The van der Waals surface area contributed by atoms with Crippen molar-refractivity contribution < 1.29 is 9.59 Å². The Morgan fingerprint density at radius 3 is 2.20 bits per heavy atom. The Kier molecular flexibility index (Phi) is 7.67. The molecular formula is C26H34N2O2. The Labute approximate surface area is 180 Å². The first-order valence-electron chi connectivity index (χ1n) is 11.2. The zero-order valence-corrected chi connectivity index (χ0v) is 18.5. The number of rotatable bonds is 8. The Bertz CT molecular complexity index is 871. The van der Waals surface area contributed by atoms with Gasteiger partial charge in [-0.25, -0.2) is 0 Å². The van der Waals surface area contributed by atoms with Gasteiger partial charge in [0.15, 0.2) is 0 Å². The highest BCUT2D eigenvalue weighted by Gasteiger charge is 2.30. The van der Waals surface area contributed by atoms with E-state index in [-0.39, 0.29) is 17.9 Å². The maximum Gasteiger partial charge on any atom is 0.243 e. The molecule has 0 bridgehead atoms. The lowest BCUT2D eigenvalue weighted by Gasteiger charge is -2.31. The number of carbonyl (C=O) groups excluding carboxylic acids is 2. The molecule has 0 saturated heterocycles. The van der Waals surface area contributed by atoms with Crippen molar-refractivity contribution in [3.8, 4) is 0 Å². The highest BCUT2D eigenvalue weighted by molar-refractivity contribution is 5.88. The molecule has 0 heterocycles. The van der Waals surface area contributed by atoms with Crippen LogP contribution in [0.15, 0.2) is 48.5 Å². The van der Waals surface area contributed by atoms with Gasteiger partial charge in [0, 0.05) is 12.6 Å². The van der Waals surface area contributed by atoms with E-state index in [1.165, 1.54) is 12.8 Å². The molecule has 0 spiro atoms. The second-order valence-electron chi connectivity index (χ2n) is 8.59. The summed E-state index contributed by atoms with van der Waals surface area (Å²) in [6.45, 7) is 6.51. The highest BCUT2D eigenvalue weighted by Crippen LogP contribution is 2.20. The number of hydrogen-bond acceptors (Lipinski definition) is 2. The third-order valence-electron chi connectivity index (χ3n) is 5.96. The van der Waals surface area contributed by atoms with Crippen LogP contribution in [-0.4, -0.2) is 28.8 Å². The first-order valence-corrected chi connectivity index (χ1v) is 11.2. The molecule has 0 aromatic heterocycles. The van der Waals surface area contributed by atoms with Crippen molar-refractivity contribution in [2.24, 2.45) is 0 Å². The van der Waals surface area contributed by atoms with Crippen LogP contribution in [0.4, 0.5) is 0 Å². The highest BCUT2D eigenvalue weighted by atomic mass is 16.2. The van der Waals surface area contributed by atoms with Crippen molar-refractivity contribution in [3.63, 3.8) is 0 Å². The molecule has 1 aliphatic rings. The van der Waals surface area contributed by atoms with E-state index in [0.29, 0.717) is 19.4 Å². The molecule has 0 aliphatic heterocycles. The summed E-state index contributed by atoms with van der Waals surface area (Å²) in [6.07, 6.45) is 5.32. The van der Waals surface area contributed by atoms with Crippen LogP contribution >= 0.6 is 0 Å². The monoisotopic (exact) mass is 406 g/mol. The number of carbonyl (C=O) groups is 2. The molecule has 1 aliphatic carbocycles. The SMILES string of the molecule is CC[C@@H](C(=O)NC1CCCC1)N(Cc1cccc(C)c1)C(=O)Cc1cccc(C)c1. The fraction of sp³-hybridized carbons (Fsp3) is 0.462. The van der Waals surface area contributed by atoms with Gasteiger partial charge in [0.2, 0.25) is 11.8 Å². The van der Waals surface area contributed by atoms with E-state index in [2.05, 4.69) is 11.4 Å². The molecule has 160 valence electrons. The Morgan fingerprint density at radius 1 is 1.00 bits per heavy atom. The number of aryl methyl sites for hydroxylation is 2. The van der Waals surface area contributed by atoms with Gasteiger partial charge in [-0.3, -0.25) is 9.59 Å². The van der Waals surface area contributed by atoms with Crippen molar-refractivity contribution in [1.82, 2.24) is 10.2 Å². The summed E-state index contributed by atoms with van der Waals surface area (Å²) in [6, 6.07) is 16.0. The summed E-state index contributed by atoms with van der Waals surface area (Å²) in [7, 11) is 0. The van der Waals surface area contributed by atoms with Crippen LogP contribution in [0.2, 0.25) is 0 Å². The summed E-state index contributed by atoms with van der Waals surface area (Å²) in [5.74, 6) is -0.0230. The zero-order chi connectivity index (χ0) is 21.5. The first kappa shape index (κ1) is 22.1. The topological polar surface area (TPSA) is 49.4 Å². The number of amides is 2. The molecule has 0 unspecified atom stereocenters. The minimum Gasteiger partial charge on any atom is -0.352 e. The van der Waals surface area contributed by atoms with Crippen LogP contribution in [-0.2, 0) is 22.6 Å². The van der Waals surface area contributed by atoms with E-state index in [9.17, 15) is 9.59 Å². The predicted molar refractivity (Wildman–Crippen MR) is 121 cm³/mol. The number of nitrogens with one attached hydrogen (secondary N) is 1. The van der Waals surface area contributed by atoms with Crippen molar-refractivity contribution in [3.05, 3.63) is 70.8 Å². The van der Waals surface area contributed by atoms with Crippen LogP contribution < -0.4 is 5.32 Å². The molecule has 2 aromatic rings. The van der Waals surface area contributed by atoms with Gasteiger partial charge in [0.1, 0.15) is 6.04 Å². The van der Waals surface area contributed by atoms with Gasteiger partial charge in [-0.1, -0.05) is 79.4 Å². The van der Waals surface area contributed by atoms with Gasteiger partial charge in [-0.05, 0) is 44.2 Å². The van der Waals surface area contributed by atoms with E-state index >= 15 is 0 Å². The Balaban J connectivity index is 1.82. The average molecular weight is 407 g/mol. The van der Waals surface area contributed by atoms with Crippen molar-refractivity contribution in [2.45, 2.75) is 77.9 Å². The average Bonchev–Trinajstić information content (AvgIpc) is 3.21. The lowest BCUT2D eigenvalue weighted by molar-refractivity contribution is -0.141. The third-order valence-corrected chi connectivity index (χ3v) is 5.96. The molecular weight excluding hydrogens is 372 g/mol. The zero-order valence-electron chi connectivity index (χ0n) is 18.5. The maximum absolute atomic E-state index is 13.4. The number of hydrogen-bond donors (Lipinski definition) is 1. The molecule has 4 heteroatoms. The third kappa shape index (κ3) is 5.94. The van der Waals surface area contributed by atoms with E-state index in [1.807, 2.05) is 63.2 Å². The molecule has 3 rings (SSSR count). The van der Waals surface area contributed by atoms with Crippen molar-refractivity contribution >= 4 is 11.8 Å². The van der Waals surface area contributed by atoms with Crippen LogP contribution in [0.25, 0.3) is 0 Å². The van der Waals surface area contributed by atoms with Gasteiger partial charge >= 0.3 is 0 Å². The molecule has 1 saturated carbocycles. The standard InChI is InChI=1S/C26H34N2O2/c1-4-24(26(30)27-23-13-5-6-14-23)28(18-22-12-8-10-20(3)16-22)25(29)17-21-11-7-9-19(2)15-21/h7-12,15-16,23-24H,4-6,13-14,17-18H2,1-3H3,(H,27,30)/t24-/m0/s1. The molecule has 2 amide bonds. The minimum atomic E-state index is -0.455. The summed E-state index contributed by atoms with van der Waals surface area (Å²) >= 11 is 0. The van der Waals surface area contributed by atoms with Gasteiger partial charge in [-0.2, -0.15) is 0 Å². The second-order valence-corrected chi connectivity index (χ2v) is 8.59. The lowest BCUT2D eigenvalue weighted by Crippen LogP contribution is -2.51.